The Morgan fingerprint density at radius 2 is 2.00 bits per heavy atom. The monoisotopic (exact) mass is 314 g/mol. The normalized spacial score (nSPS) is 11.8. The zero-order chi connectivity index (χ0) is 14.8. The van der Waals surface area contributed by atoms with Gasteiger partial charge in [0.15, 0.2) is 5.22 Å². The molecule has 0 atom stereocenters. The van der Waals surface area contributed by atoms with E-state index in [4.69, 9.17) is 16.0 Å². The van der Waals surface area contributed by atoms with Crippen LogP contribution in [0.2, 0.25) is 5.22 Å². The van der Waals surface area contributed by atoms with Gasteiger partial charge >= 0.3 is 0 Å². The third kappa shape index (κ3) is 3.33. The van der Waals surface area contributed by atoms with Crippen LogP contribution in [0.3, 0.4) is 0 Å². The minimum Gasteiger partial charge on any atom is -0.448 e. The molecule has 0 amide bonds. The molecule has 1 aromatic heterocycles. The minimum absolute atomic E-state index is 0.241. The first kappa shape index (κ1) is 14.9. The van der Waals surface area contributed by atoms with Gasteiger partial charge in [0.25, 0.3) is 0 Å². The number of hydrogen-bond acceptors (Lipinski definition) is 4. The van der Waals surface area contributed by atoms with E-state index in [9.17, 15) is 8.42 Å². The van der Waals surface area contributed by atoms with Crippen molar-refractivity contribution in [1.82, 2.24) is 4.31 Å². The molecule has 0 aliphatic rings. The molecule has 7 heteroatoms. The maximum atomic E-state index is 12.0. The summed E-state index contributed by atoms with van der Waals surface area (Å²) in [5, 5.41) is 3.42. The average Bonchev–Trinajstić information content (AvgIpc) is 2.82. The molecule has 0 radical (unpaired) electrons. The summed E-state index contributed by atoms with van der Waals surface area (Å²) in [6, 6.07) is 10.0. The number of hydrogen-bond donors (Lipinski definition) is 1. The highest BCUT2D eigenvalue weighted by Gasteiger charge is 2.17. The van der Waals surface area contributed by atoms with Crippen molar-refractivity contribution in [2.45, 2.75) is 11.4 Å². The third-order valence-corrected chi connectivity index (χ3v) is 4.72. The van der Waals surface area contributed by atoms with Crippen molar-refractivity contribution in [1.29, 1.82) is 0 Å². The number of benzene rings is 1. The summed E-state index contributed by atoms with van der Waals surface area (Å²) in [5.41, 5.74) is 0.695. The fraction of sp³-hybridized carbons (Fsp3) is 0.231. The molecule has 0 aliphatic carbocycles. The van der Waals surface area contributed by atoms with E-state index in [1.807, 2.05) is 0 Å². The van der Waals surface area contributed by atoms with Crippen molar-refractivity contribution in [3.63, 3.8) is 0 Å². The van der Waals surface area contributed by atoms with Crippen LogP contribution in [0, 0.1) is 0 Å². The Labute approximate surface area is 123 Å². The zero-order valence-electron chi connectivity index (χ0n) is 11.1. The molecule has 5 nitrogen and oxygen atoms in total. The molecular formula is C13H15ClN2O3S. The Morgan fingerprint density at radius 3 is 2.60 bits per heavy atom. The van der Waals surface area contributed by atoms with Gasteiger partial charge < -0.3 is 9.73 Å². The molecule has 20 heavy (non-hydrogen) atoms. The Bertz CT molecular complexity index is 695. The summed E-state index contributed by atoms with van der Waals surface area (Å²) < 4.78 is 30.4. The molecule has 0 saturated heterocycles. The van der Waals surface area contributed by atoms with Crippen molar-refractivity contribution in [2.24, 2.45) is 0 Å². The van der Waals surface area contributed by atoms with Crippen LogP contribution in [-0.2, 0) is 16.6 Å². The van der Waals surface area contributed by atoms with E-state index in [-0.39, 0.29) is 4.90 Å². The van der Waals surface area contributed by atoms with Gasteiger partial charge in [-0.3, -0.25) is 0 Å². The second-order valence-electron chi connectivity index (χ2n) is 4.37. The predicted molar refractivity (Wildman–Crippen MR) is 78.4 cm³/mol. The van der Waals surface area contributed by atoms with Gasteiger partial charge in [0.05, 0.1) is 11.4 Å². The van der Waals surface area contributed by atoms with E-state index in [2.05, 4.69) is 5.32 Å². The van der Waals surface area contributed by atoms with E-state index in [1.165, 1.54) is 18.4 Å². The van der Waals surface area contributed by atoms with Crippen molar-refractivity contribution in [2.75, 3.05) is 19.4 Å². The fourth-order valence-electron chi connectivity index (χ4n) is 1.61. The van der Waals surface area contributed by atoms with Crippen molar-refractivity contribution in [3.8, 4) is 0 Å². The Kier molecular flexibility index (Phi) is 4.37. The first-order valence-corrected chi connectivity index (χ1v) is 7.72. The summed E-state index contributed by atoms with van der Waals surface area (Å²) in [5.74, 6) is 0.677. The highest BCUT2D eigenvalue weighted by atomic mass is 35.5. The summed E-state index contributed by atoms with van der Waals surface area (Å²) in [7, 11) is -0.429. The van der Waals surface area contributed by atoms with Gasteiger partial charge in [0.2, 0.25) is 10.0 Å². The predicted octanol–water partition coefficient (Wildman–Crippen LogP) is 2.80. The lowest BCUT2D eigenvalue weighted by molar-refractivity contribution is 0.520. The maximum absolute atomic E-state index is 12.0. The van der Waals surface area contributed by atoms with Crippen molar-refractivity contribution in [3.05, 3.63) is 47.4 Å². The number of halogens is 1. The van der Waals surface area contributed by atoms with Crippen LogP contribution < -0.4 is 5.32 Å². The van der Waals surface area contributed by atoms with E-state index < -0.39 is 10.0 Å². The number of rotatable bonds is 5. The number of nitrogens with one attached hydrogen (secondary N) is 1. The lowest BCUT2D eigenvalue weighted by atomic mass is 10.3. The lowest BCUT2D eigenvalue weighted by Crippen LogP contribution is -2.22. The molecule has 0 unspecified atom stereocenters. The molecule has 0 fully saturated rings. The SMILES string of the molecule is CN(C)S(=O)(=O)c1cccc(NCc2ccc(Cl)o2)c1. The van der Waals surface area contributed by atoms with Crippen LogP contribution in [0.4, 0.5) is 5.69 Å². The van der Waals surface area contributed by atoms with Gasteiger partial charge in [-0.05, 0) is 41.9 Å². The molecule has 0 bridgehead atoms. The standard InChI is InChI=1S/C13H15ClN2O3S/c1-16(2)20(17,18)12-5-3-4-10(8-12)15-9-11-6-7-13(14)19-11/h3-8,15H,9H2,1-2H3. The fourth-order valence-corrected chi connectivity index (χ4v) is 2.72. The molecule has 0 aliphatic heterocycles. The Hall–Kier alpha value is -1.50. The first-order valence-electron chi connectivity index (χ1n) is 5.90. The van der Waals surface area contributed by atoms with Gasteiger partial charge in [-0.15, -0.1) is 0 Å². The number of nitrogens with zero attached hydrogens (tertiary/aromatic N) is 1. The highest BCUT2D eigenvalue weighted by Crippen LogP contribution is 2.19. The highest BCUT2D eigenvalue weighted by molar-refractivity contribution is 7.89. The summed E-state index contributed by atoms with van der Waals surface area (Å²) in [4.78, 5) is 0.241. The smallest absolute Gasteiger partial charge is 0.242 e. The van der Waals surface area contributed by atoms with E-state index in [1.54, 1.807) is 36.4 Å². The minimum atomic E-state index is -3.43. The van der Waals surface area contributed by atoms with Crippen LogP contribution in [-0.4, -0.2) is 26.8 Å². The largest absolute Gasteiger partial charge is 0.448 e. The summed E-state index contributed by atoms with van der Waals surface area (Å²) in [6.07, 6.45) is 0. The number of furan rings is 1. The van der Waals surface area contributed by atoms with Crippen LogP contribution in [0.1, 0.15) is 5.76 Å². The number of anilines is 1. The molecule has 0 saturated carbocycles. The van der Waals surface area contributed by atoms with Crippen molar-refractivity contribution < 1.29 is 12.8 Å². The van der Waals surface area contributed by atoms with Gasteiger partial charge in [-0.1, -0.05) is 6.07 Å². The molecule has 0 spiro atoms. The van der Waals surface area contributed by atoms with Crippen LogP contribution in [0.15, 0.2) is 45.7 Å². The van der Waals surface area contributed by atoms with E-state index in [0.717, 1.165) is 0 Å². The van der Waals surface area contributed by atoms with Gasteiger partial charge in [0, 0.05) is 19.8 Å². The molecule has 108 valence electrons. The molecule has 1 aromatic carbocycles. The summed E-state index contributed by atoms with van der Waals surface area (Å²) in [6.45, 7) is 0.429. The topological polar surface area (TPSA) is 62.6 Å². The zero-order valence-corrected chi connectivity index (χ0v) is 12.7. The molecule has 1 N–H and O–H groups in total. The average molecular weight is 315 g/mol. The van der Waals surface area contributed by atoms with Gasteiger partial charge in [0.1, 0.15) is 5.76 Å². The van der Waals surface area contributed by atoms with Gasteiger partial charge in [-0.25, -0.2) is 12.7 Å². The van der Waals surface area contributed by atoms with Crippen LogP contribution in [0.25, 0.3) is 0 Å². The van der Waals surface area contributed by atoms with Gasteiger partial charge in [-0.2, -0.15) is 0 Å². The molecular weight excluding hydrogens is 300 g/mol. The Balaban J connectivity index is 2.14. The molecule has 2 aromatic rings. The second-order valence-corrected chi connectivity index (χ2v) is 6.90. The molecule has 1 heterocycles. The first-order chi connectivity index (χ1) is 9.39. The van der Waals surface area contributed by atoms with Crippen LogP contribution >= 0.6 is 11.6 Å². The lowest BCUT2D eigenvalue weighted by Gasteiger charge is -2.12. The third-order valence-electron chi connectivity index (χ3n) is 2.71. The quantitative estimate of drug-likeness (QED) is 0.921. The number of sulfonamides is 1. The van der Waals surface area contributed by atoms with E-state index >= 15 is 0 Å². The summed E-state index contributed by atoms with van der Waals surface area (Å²) >= 11 is 5.68. The van der Waals surface area contributed by atoms with Crippen molar-refractivity contribution >= 4 is 27.3 Å². The van der Waals surface area contributed by atoms with Crippen LogP contribution in [0.5, 0.6) is 0 Å². The Morgan fingerprint density at radius 1 is 1.25 bits per heavy atom. The second kappa shape index (κ2) is 5.87. The molecule has 2 rings (SSSR count). The maximum Gasteiger partial charge on any atom is 0.242 e. The van der Waals surface area contributed by atoms with E-state index in [0.29, 0.717) is 23.2 Å².